The fraction of sp³-hybridized carbons (Fsp3) is 0.204. The van der Waals surface area contributed by atoms with Crippen LogP contribution in [0.1, 0.15) is 34.9 Å². The second-order valence-corrected chi connectivity index (χ2v) is 14.5. The molecule has 1 aliphatic heterocycles. The highest BCUT2D eigenvalue weighted by Gasteiger charge is 2.41. The van der Waals surface area contributed by atoms with Crippen LogP contribution in [0.2, 0.25) is 0 Å². The van der Waals surface area contributed by atoms with E-state index in [9.17, 15) is 0 Å². The summed E-state index contributed by atoms with van der Waals surface area (Å²) < 4.78 is 18.0. The highest BCUT2D eigenvalue weighted by molar-refractivity contribution is 5.82. The van der Waals surface area contributed by atoms with Crippen molar-refractivity contribution in [2.75, 3.05) is 39.5 Å². The molecule has 1 fully saturated rings. The highest BCUT2D eigenvalue weighted by atomic mass is 16.5. The molecule has 3 aromatic heterocycles. The number of rotatable bonds is 14. The summed E-state index contributed by atoms with van der Waals surface area (Å²) in [7, 11) is 0. The number of ether oxygens (including phenoxy) is 3. The van der Waals surface area contributed by atoms with Gasteiger partial charge in [0.15, 0.2) is 5.54 Å². The molecular formula is C49H45N7O3. The second kappa shape index (κ2) is 17.4. The molecule has 0 saturated carbocycles. The van der Waals surface area contributed by atoms with E-state index in [1.807, 2.05) is 48.5 Å². The van der Waals surface area contributed by atoms with Crippen molar-refractivity contribution in [2.45, 2.75) is 25.5 Å². The van der Waals surface area contributed by atoms with Crippen molar-refractivity contribution >= 4 is 11.0 Å². The molecule has 8 aromatic rings. The number of nitrogens with zero attached hydrogens (tertiary/aromatic N) is 7. The standard InChI is InChI=1S/C49H45N7O3/c1-2-41-34-45(47-44(50-41)26-27-46(51-47)58-33-30-55-28-31-57-32-29-55)59-35-36-22-24-37(25-23-36)42-20-12-13-21-43(42)48-52-54-56(53-48)49(38-14-6-3-7-15-38,39-16-8-4-9-17-39)40-18-10-5-11-19-40/h3-27,34H,2,28-33,35H2,1H3. The van der Waals surface area contributed by atoms with Crippen molar-refractivity contribution < 1.29 is 14.2 Å². The van der Waals surface area contributed by atoms with Crippen molar-refractivity contribution in [3.05, 3.63) is 186 Å². The first-order chi connectivity index (χ1) is 29.2. The number of tetrazole rings is 1. The number of hydrogen-bond acceptors (Lipinski definition) is 9. The van der Waals surface area contributed by atoms with Gasteiger partial charge in [0.25, 0.3) is 0 Å². The summed E-state index contributed by atoms with van der Waals surface area (Å²) in [5, 5.41) is 14.7. The summed E-state index contributed by atoms with van der Waals surface area (Å²) in [4.78, 5) is 13.7. The maximum Gasteiger partial charge on any atom is 0.214 e. The molecule has 1 aliphatic rings. The van der Waals surface area contributed by atoms with Crippen molar-refractivity contribution in [1.29, 1.82) is 0 Å². The smallest absolute Gasteiger partial charge is 0.214 e. The average molecular weight is 780 g/mol. The Kier molecular flexibility index (Phi) is 11.1. The molecule has 10 nitrogen and oxygen atoms in total. The number of hydrogen-bond donors (Lipinski definition) is 0. The van der Waals surface area contributed by atoms with Gasteiger partial charge in [0.05, 0.1) is 18.7 Å². The third-order valence-corrected chi connectivity index (χ3v) is 10.9. The normalized spacial score (nSPS) is 13.4. The van der Waals surface area contributed by atoms with E-state index < -0.39 is 5.54 Å². The van der Waals surface area contributed by atoms with Crippen LogP contribution in [-0.2, 0) is 23.3 Å². The zero-order valence-electron chi connectivity index (χ0n) is 33.0. The topological polar surface area (TPSA) is 100 Å². The molecule has 0 amide bonds. The molecule has 10 heteroatoms. The minimum atomic E-state index is -0.864. The third kappa shape index (κ3) is 7.92. The first kappa shape index (κ1) is 37.8. The van der Waals surface area contributed by atoms with E-state index in [2.05, 4.69) is 121 Å². The number of aryl methyl sites for hydroxylation is 1. The Balaban J connectivity index is 0.978. The summed E-state index contributed by atoms with van der Waals surface area (Å²) in [6.07, 6.45) is 0.784. The molecule has 4 heterocycles. The van der Waals surface area contributed by atoms with Gasteiger partial charge in [-0.2, -0.15) is 0 Å². The van der Waals surface area contributed by atoms with Gasteiger partial charge >= 0.3 is 0 Å². The van der Waals surface area contributed by atoms with E-state index >= 15 is 0 Å². The van der Waals surface area contributed by atoms with Crippen LogP contribution in [0.3, 0.4) is 0 Å². The zero-order valence-corrected chi connectivity index (χ0v) is 33.0. The number of morpholine rings is 1. The monoisotopic (exact) mass is 779 g/mol. The van der Waals surface area contributed by atoms with Crippen molar-refractivity contribution in [3.8, 4) is 34.1 Å². The van der Waals surface area contributed by atoms with Gasteiger partial charge in [0.2, 0.25) is 11.7 Å². The molecule has 0 aliphatic carbocycles. The van der Waals surface area contributed by atoms with Gasteiger partial charge in [-0.15, -0.1) is 15.0 Å². The minimum absolute atomic E-state index is 0.365. The molecule has 59 heavy (non-hydrogen) atoms. The highest BCUT2D eigenvalue weighted by Crippen LogP contribution is 2.40. The van der Waals surface area contributed by atoms with Crippen LogP contribution in [0, 0.1) is 0 Å². The van der Waals surface area contributed by atoms with Crippen molar-refractivity contribution in [3.63, 3.8) is 0 Å². The quantitative estimate of drug-likeness (QED) is 0.100. The maximum absolute atomic E-state index is 6.47. The summed E-state index contributed by atoms with van der Waals surface area (Å²) in [6, 6.07) is 53.6. The van der Waals surface area contributed by atoms with E-state index in [0.717, 1.165) is 89.4 Å². The van der Waals surface area contributed by atoms with Gasteiger partial charge in [-0.05, 0) is 51.1 Å². The van der Waals surface area contributed by atoms with Crippen LogP contribution in [-0.4, -0.2) is 74.5 Å². The molecule has 1 saturated heterocycles. The lowest BCUT2D eigenvalue weighted by Gasteiger charge is -2.34. The maximum atomic E-state index is 6.47. The molecule has 0 unspecified atom stereocenters. The van der Waals surface area contributed by atoms with Crippen LogP contribution in [0.4, 0.5) is 0 Å². The average Bonchev–Trinajstić information content (AvgIpc) is 3.80. The molecule has 0 radical (unpaired) electrons. The molecule has 0 N–H and O–H groups in total. The number of fused-ring (bicyclic) bond motifs is 1. The summed E-state index contributed by atoms with van der Waals surface area (Å²) in [6.45, 7) is 7.20. The molecule has 0 atom stereocenters. The Labute approximate surface area is 344 Å². The molecule has 294 valence electrons. The van der Waals surface area contributed by atoms with Crippen molar-refractivity contribution in [1.82, 2.24) is 35.1 Å². The minimum Gasteiger partial charge on any atom is -0.486 e. The number of aromatic nitrogens is 6. The summed E-state index contributed by atoms with van der Waals surface area (Å²) >= 11 is 0. The lowest BCUT2D eigenvalue weighted by Crippen LogP contribution is -2.39. The van der Waals surface area contributed by atoms with E-state index in [1.165, 1.54) is 0 Å². The van der Waals surface area contributed by atoms with E-state index in [4.69, 9.17) is 39.6 Å². The summed E-state index contributed by atoms with van der Waals surface area (Å²) in [5.41, 5.74) is 8.58. The Hall–Kier alpha value is -6.75. The number of benzene rings is 5. The lowest BCUT2D eigenvalue weighted by atomic mass is 9.77. The van der Waals surface area contributed by atoms with Crippen LogP contribution in [0.15, 0.2) is 158 Å². The Morgan fingerprint density at radius 3 is 1.93 bits per heavy atom. The Morgan fingerprint density at radius 2 is 1.29 bits per heavy atom. The van der Waals surface area contributed by atoms with Crippen molar-refractivity contribution in [2.24, 2.45) is 0 Å². The molecule has 5 aromatic carbocycles. The van der Waals surface area contributed by atoms with E-state index in [0.29, 0.717) is 36.2 Å². The SMILES string of the molecule is CCc1cc(OCc2ccc(-c3ccccc3-c3nnn(C(c4ccccc4)(c4ccccc4)c4ccccc4)n3)cc2)c2nc(OCCN3CCOCC3)ccc2n1. The largest absolute Gasteiger partial charge is 0.486 e. The van der Waals surface area contributed by atoms with Crippen LogP contribution < -0.4 is 9.47 Å². The van der Waals surface area contributed by atoms with Gasteiger partial charge in [0, 0.05) is 43.0 Å². The van der Waals surface area contributed by atoms with Crippen LogP contribution >= 0.6 is 0 Å². The second-order valence-electron chi connectivity index (χ2n) is 14.5. The van der Waals surface area contributed by atoms with Gasteiger partial charge in [-0.3, -0.25) is 9.88 Å². The zero-order chi connectivity index (χ0) is 39.9. The molecule has 9 rings (SSSR count). The van der Waals surface area contributed by atoms with Crippen LogP contribution in [0.25, 0.3) is 33.5 Å². The molecule has 0 spiro atoms. The van der Waals surface area contributed by atoms with Gasteiger partial charge in [-0.25, -0.2) is 4.98 Å². The van der Waals surface area contributed by atoms with Gasteiger partial charge in [-0.1, -0.05) is 146 Å². The number of pyridine rings is 2. The summed E-state index contributed by atoms with van der Waals surface area (Å²) in [5.74, 6) is 1.78. The first-order valence-corrected chi connectivity index (χ1v) is 20.2. The lowest BCUT2D eigenvalue weighted by molar-refractivity contribution is 0.0320. The predicted molar refractivity (Wildman–Crippen MR) is 229 cm³/mol. The molecular weight excluding hydrogens is 735 g/mol. The third-order valence-electron chi connectivity index (χ3n) is 10.9. The fourth-order valence-corrected chi connectivity index (χ4v) is 7.81. The first-order valence-electron chi connectivity index (χ1n) is 20.2. The van der Waals surface area contributed by atoms with Gasteiger partial charge < -0.3 is 14.2 Å². The Bertz CT molecular complexity index is 2520. The van der Waals surface area contributed by atoms with Crippen LogP contribution in [0.5, 0.6) is 11.6 Å². The predicted octanol–water partition coefficient (Wildman–Crippen LogP) is 8.64. The van der Waals surface area contributed by atoms with E-state index in [1.54, 1.807) is 4.80 Å². The van der Waals surface area contributed by atoms with Gasteiger partial charge in [0.1, 0.15) is 24.5 Å². The van der Waals surface area contributed by atoms with E-state index in [-0.39, 0.29) is 0 Å². The Morgan fingerprint density at radius 1 is 0.661 bits per heavy atom. The fourth-order valence-electron chi connectivity index (χ4n) is 7.81. The molecule has 0 bridgehead atoms.